The van der Waals surface area contributed by atoms with E-state index in [1.54, 1.807) is 37.4 Å². The third-order valence-corrected chi connectivity index (χ3v) is 5.58. The molecule has 0 aromatic heterocycles. The van der Waals surface area contributed by atoms with Crippen LogP contribution in [0.5, 0.6) is 11.5 Å². The Bertz CT molecular complexity index is 1200. The van der Waals surface area contributed by atoms with Gasteiger partial charge in [0.2, 0.25) is 5.91 Å². The molecule has 0 radical (unpaired) electrons. The number of anilines is 1. The van der Waals surface area contributed by atoms with Gasteiger partial charge in [-0.3, -0.25) is 9.59 Å². The maximum atomic E-state index is 12.4. The number of carbonyl (C=O) groups excluding carboxylic acids is 2. The van der Waals surface area contributed by atoms with Crippen molar-refractivity contribution in [3.8, 4) is 11.5 Å². The maximum Gasteiger partial charge on any atom is 0.271 e. The second kappa shape index (κ2) is 11.7. The Morgan fingerprint density at radius 3 is 2.64 bits per heavy atom. The van der Waals surface area contributed by atoms with E-state index in [9.17, 15) is 9.59 Å². The molecule has 0 fully saturated rings. The zero-order valence-electron chi connectivity index (χ0n) is 17.9. The molecular formula is C24H21ClIN3O4. The third-order valence-electron chi connectivity index (χ3n) is 4.41. The molecule has 0 saturated carbocycles. The molecule has 2 amide bonds. The minimum atomic E-state index is -0.403. The zero-order chi connectivity index (χ0) is 23.8. The first-order valence-corrected chi connectivity index (χ1v) is 11.3. The van der Waals surface area contributed by atoms with Gasteiger partial charge in [0.1, 0.15) is 6.61 Å². The Hall–Kier alpha value is -3.11. The molecule has 0 heterocycles. The summed E-state index contributed by atoms with van der Waals surface area (Å²) in [5, 5.41) is 7.30. The van der Waals surface area contributed by atoms with Gasteiger partial charge in [0.15, 0.2) is 11.5 Å². The van der Waals surface area contributed by atoms with Gasteiger partial charge >= 0.3 is 0 Å². The number of nitrogens with zero attached hydrogens (tertiary/aromatic N) is 1. The van der Waals surface area contributed by atoms with Crippen LogP contribution < -0.4 is 20.2 Å². The lowest BCUT2D eigenvalue weighted by atomic mass is 10.2. The molecule has 3 rings (SSSR count). The van der Waals surface area contributed by atoms with Gasteiger partial charge in [-0.1, -0.05) is 35.9 Å². The molecule has 0 atom stereocenters. The van der Waals surface area contributed by atoms with Crippen LogP contribution >= 0.6 is 34.2 Å². The van der Waals surface area contributed by atoms with Gasteiger partial charge in [0, 0.05) is 28.8 Å². The van der Waals surface area contributed by atoms with Crippen LogP contribution in [0.2, 0.25) is 5.02 Å². The van der Waals surface area contributed by atoms with Gasteiger partial charge in [-0.25, -0.2) is 5.43 Å². The van der Waals surface area contributed by atoms with Crippen LogP contribution in [0.4, 0.5) is 5.69 Å². The Morgan fingerprint density at radius 2 is 1.91 bits per heavy atom. The van der Waals surface area contributed by atoms with Crippen LogP contribution in [0.1, 0.15) is 28.4 Å². The van der Waals surface area contributed by atoms with E-state index in [-0.39, 0.29) is 5.91 Å². The smallest absolute Gasteiger partial charge is 0.271 e. The Labute approximate surface area is 210 Å². The Morgan fingerprint density at radius 1 is 1.12 bits per heavy atom. The summed E-state index contributed by atoms with van der Waals surface area (Å²) in [5.41, 5.74) is 4.97. The fraction of sp³-hybridized carbons (Fsp3) is 0.125. The van der Waals surface area contributed by atoms with E-state index < -0.39 is 5.91 Å². The van der Waals surface area contributed by atoms with E-state index in [1.165, 1.54) is 13.1 Å². The lowest BCUT2D eigenvalue weighted by Crippen LogP contribution is -2.18. The lowest BCUT2D eigenvalue weighted by Gasteiger charge is -2.14. The van der Waals surface area contributed by atoms with Crippen molar-refractivity contribution in [2.45, 2.75) is 13.5 Å². The van der Waals surface area contributed by atoms with Crippen LogP contribution in [0, 0.1) is 3.57 Å². The van der Waals surface area contributed by atoms with E-state index in [4.69, 9.17) is 21.1 Å². The minimum absolute atomic E-state index is 0.214. The van der Waals surface area contributed by atoms with Crippen molar-refractivity contribution in [1.29, 1.82) is 0 Å². The highest BCUT2D eigenvalue weighted by atomic mass is 127. The summed E-state index contributed by atoms with van der Waals surface area (Å²) in [6.45, 7) is 1.70. The summed E-state index contributed by atoms with van der Waals surface area (Å²) in [6.07, 6.45) is 1.51. The fourth-order valence-corrected chi connectivity index (χ4v) is 3.86. The van der Waals surface area contributed by atoms with Gasteiger partial charge in [-0.15, -0.1) is 0 Å². The number of carbonyl (C=O) groups is 2. The number of nitrogens with one attached hydrogen (secondary N) is 2. The number of methoxy groups -OCH3 is 1. The molecule has 0 aliphatic heterocycles. The Kier molecular flexibility index (Phi) is 8.67. The van der Waals surface area contributed by atoms with Crippen molar-refractivity contribution in [2.75, 3.05) is 12.4 Å². The van der Waals surface area contributed by atoms with E-state index in [0.29, 0.717) is 39.9 Å². The molecule has 0 aliphatic rings. The first kappa shape index (κ1) is 24.5. The highest BCUT2D eigenvalue weighted by Crippen LogP contribution is 2.34. The molecule has 0 bridgehead atoms. The topological polar surface area (TPSA) is 89.0 Å². The predicted octanol–water partition coefficient (Wildman–Crippen LogP) is 5.25. The van der Waals surface area contributed by atoms with Crippen molar-refractivity contribution in [1.82, 2.24) is 5.43 Å². The first-order valence-electron chi connectivity index (χ1n) is 9.82. The third kappa shape index (κ3) is 6.93. The summed E-state index contributed by atoms with van der Waals surface area (Å²) in [6, 6.07) is 17.7. The van der Waals surface area contributed by atoms with Crippen LogP contribution in [0.15, 0.2) is 65.8 Å². The number of halogens is 2. The lowest BCUT2D eigenvalue weighted by molar-refractivity contribution is -0.114. The highest BCUT2D eigenvalue weighted by Gasteiger charge is 2.12. The summed E-state index contributed by atoms with van der Waals surface area (Å²) in [5.74, 6) is 0.506. The molecule has 0 unspecified atom stereocenters. The molecule has 0 spiro atoms. The summed E-state index contributed by atoms with van der Waals surface area (Å²) in [4.78, 5) is 23.6. The number of benzene rings is 3. The summed E-state index contributed by atoms with van der Waals surface area (Å²) < 4.78 is 12.3. The van der Waals surface area contributed by atoms with Crippen LogP contribution in [0.3, 0.4) is 0 Å². The molecular weight excluding hydrogens is 557 g/mol. The Balaban J connectivity index is 1.68. The average molecular weight is 578 g/mol. The molecule has 0 aliphatic carbocycles. The molecule has 3 aromatic carbocycles. The van der Waals surface area contributed by atoms with Gasteiger partial charge < -0.3 is 14.8 Å². The molecule has 7 nitrogen and oxygen atoms in total. The van der Waals surface area contributed by atoms with Gasteiger partial charge in [0.05, 0.1) is 16.9 Å². The van der Waals surface area contributed by atoms with Crippen molar-refractivity contribution in [3.05, 3.63) is 85.9 Å². The molecule has 0 saturated heterocycles. The summed E-state index contributed by atoms with van der Waals surface area (Å²) in [7, 11) is 1.55. The number of hydrogen-bond donors (Lipinski definition) is 2. The van der Waals surface area contributed by atoms with E-state index in [1.807, 2.05) is 30.3 Å². The van der Waals surface area contributed by atoms with Crippen LogP contribution in [-0.4, -0.2) is 25.1 Å². The molecule has 9 heteroatoms. The largest absolute Gasteiger partial charge is 0.493 e. The fourth-order valence-electron chi connectivity index (χ4n) is 2.89. The number of ether oxygens (including phenoxy) is 2. The molecule has 170 valence electrons. The average Bonchev–Trinajstić information content (AvgIpc) is 2.78. The van der Waals surface area contributed by atoms with Crippen molar-refractivity contribution < 1.29 is 19.1 Å². The van der Waals surface area contributed by atoms with Crippen LogP contribution in [-0.2, 0) is 11.4 Å². The minimum Gasteiger partial charge on any atom is -0.493 e. The first-order chi connectivity index (χ1) is 15.9. The quantitative estimate of drug-likeness (QED) is 0.217. The monoisotopic (exact) mass is 577 g/mol. The second-order valence-electron chi connectivity index (χ2n) is 6.88. The second-order valence-corrected chi connectivity index (χ2v) is 8.44. The number of hydrogen-bond acceptors (Lipinski definition) is 5. The molecule has 3 aromatic rings. The van der Waals surface area contributed by atoms with Crippen molar-refractivity contribution in [2.24, 2.45) is 5.10 Å². The van der Waals surface area contributed by atoms with E-state index in [0.717, 1.165) is 9.13 Å². The normalized spacial score (nSPS) is 10.7. The molecule has 33 heavy (non-hydrogen) atoms. The number of hydrazone groups is 1. The van der Waals surface area contributed by atoms with E-state index >= 15 is 0 Å². The number of rotatable bonds is 8. The predicted molar refractivity (Wildman–Crippen MR) is 137 cm³/mol. The standard InChI is InChI=1S/C24H21ClIN3O4/c1-15(30)28-19-8-5-7-17(12-19)24(31)29-27-13-16-10-21(26)23(22(11-16)32-2)33-14-18-6-3-4-9-20(18)25/h3-13H,14H2,1-2H3,(H,28,30)(H,29,31)/b27-13-. The zero-order valence-corrected chi connectivity index (χ0v) is 20.8. The van der Waals surface area contributed by atoms with Gasteiger partial charge in [-0.05, 0) is 64.6 Å². The van der Waals surface area contributed by atoms with E-state index in [2.05, 4.69) is 38.4 Å². The SMILES string of the molecule is COc1cc(/C=N\NC(=O)c2cccc(NC(C)=O)c2)cc(I)c1OCc1ccccc1Cl. The highest BCUT2D eigenvalue weighted by molar-refractivity contribution is 14.1. The van der Waals surface area contributed by atoms with Crippen molar-refractivity contribution in [3.63, 3.8) is 0 Å². The molecule has 2 N–H and O–H groups in total. The van der Waals surface area contributed by atoms with Gasteiger partial charge in [-0.2, -0.15) is 5.10 Å². The number of amides is 2. The van der Waals surface area contributed by atoms with Gasteiger partial charge in [0.25, 0.3) is 5.91 Å². The van der Waals surface area contributed by atoms with Crippen molar-refractivity contribution >= 4 is 57.9 Å². The summed E-state index contributed by atoms with van der Waals surface area (Å²) >= 11 is 8.36. The maximum absolute atomic E-state index is 12.4. The van der Waals surface area contributed by atoms with Crippen LogP contribution in [0.25, 0.3) is 0 Å².